The van der Waals surface area contributed by atoms with Gasteiger partial charge in [0.25, 0.3) is 5.91 Å². The zero-order valence-corrected chi connectivity index (χ0v) is 16.9. The predicted molar refractivity (Wildman–Crippen MR) is 103 cm³/mol. The lowest BCUT2D eigenvalue weighted by molar-refractivity contribution is -0.145. The van der Waals surface area contributed by atoms with E-state index in [1.807, 2.05) is 60.7 Å². The maximum Gasteiger partial charge on any atom is 0.317 e. The van der Waals surface area contributed by atoms with Crippen LogP contribution in [0.4, 0.5) is 0 Å². The Balaban J connectivity index is 0.000000399. The van der Waals surface area contributed by atoms with Crippen LogP contribution in [0.3, 0.4) is 0 Å². The Morgan fingerprint density at radius 2 is 1.44 bits per heavy atom. The number of thioether (sulfide) groups is 1. The minimum Gasteiger partial charge on any atom is -0.333 e. The van der Waals surface area contributed by atoms with Gasteiger partial charge in [-0.15, -0.1) is 0 Å². The van der Waals surface area contributed by atoms with E-state index in [0.29, 0.717) is 0 Å². The van der Waals surface area contributed by atoms with Crippen LogP contribution < -0.4 is 0 Å². The van der Waals surface area contributed by atoms with Gasteiger partial charge in [0.05, 0.1) is 6.04 Å². The van der Waals surface area contributed by atoms with E-state index in [-0.39, 0.29) is 11.9 Å². The molecule has 1 aliphatic rings. The zero-order chi connectivity index (χ0) is 18.7. The summed E-state index contributed by atoms with van der Waals surface area (Å²) in [4.78, 5) is 15.0. The van der Waals surface area contributed by atoms with Crippen molar-refractivity contribution in [1.82, 2.24) is 4.90 Å². The molecule has 0 aromatic heterocycles. The number of β-lactam (4-membered cyclic amide) rings is 1. The Bertz CT molecular complexity index is 826. The third-order valence-electron chi connectivity index (χ3n) is 3.48. The number of likely N-dealkylation sites (tertiary alicyclic amines) is 1. The molecule has 0 saturated carbocycles. The molecule has 0 bridgehead atoms. The Labute approximate surface area is 165 Å². The maximum atomic E-state index is 12.2. The zero-order valence-electron chi connectivity index (χ0n) is 13.0. The van der Waals surface area contributed by atoms with Gasteiger partial charge in [-0.3, -0.25) is 4.79 Å². The number of benzene rings is 2. The molecular weight excluding hydrogens is 425 g/mol. The van der Waals surface area contributed by atoms with Crippen LogP contribution in [0, 0.1) is 0 Å². The number of alkyl halides is 1. The van der Waals surface area contributed by atoms with Gasteiger partial charge >= 0.3 is 8.26 Å². The highest BCUT2D eigenvalue weighted by molar-refractivity contribution is 8.31. The van der Waals surface area contributed by atoms with E-state index in [4.69, 9.17) is 20.0 Å². The number of hydrogen-bond acceptors (Lipinski definition) is 4. The average Bonchev–Trinajstić information content (AvgIpc) is 2.55. The van der Waals surface area contributed by atoms with Crippen molar-refractivity contribution in [1.29, 1.82) is 0 Å². The van der Waals surface area contributed by atoms with Crippen LogP contribution in [0.2, 0.25) is 0 Å². The molecule has 1 amide bonds. The van der Waals surface area contributed by atoms with Crippen molar-refractivity contribution in [2.24, 2.45) is 0 Å². The summed E-state index contributed by atoms with van der Waals surface area (Å²) in [5, 5.41) is 0. The molecule has 2 aromatic carbocycles. The maximum absolute atomic E-state index is 12.2. The first-order valence-electron chi connectivity index (χ1n) is 7.02. The van der Waals surface area contributed by atoms with Gasteiger partial charge in [-0.1, -0.05) is 71.9 Å². The molecule has 4 nitrogen and oxygen atoms in total. The second-order valence-corrected chi connectivity index (χ2v) is 11.0. The van der Waals surface area contributed by atoms with E-state index in [1.165, 1.54) is 11.8 Å². The van der Waals surface area contributed by atoms with Crippen LogP contribution in [-0.4, -0.2) is 30.5 Å². The molecule has 0 radical (unpaired) electrons. The van der Waals surface area contributed by atoms with Gasteiger partial charge in [-0.05, 0) is 17.7 Å². The molecule has 1 aliphatic heterocycles. The fourth-order valence-corrected chi connectivity index (χ4v) is 4.44. The van der Waals surface area contributed by atoms with Crippen molar-refractivity contribution in [3.63, 3.8) is 0 Å². The smallest absolute Gasteiger partial charge is 0.317 e. The van der Waals surface area contributed by atoms with Crippen LogP contribution in [0.25, 0.3) is 0 Å². The molecule has 0 unspecified atom stereocenters. The lowest BCUT2D eigenvalue weighted by Gasteiger charge is -2.50. The fraction of sp³-hybridized carbons (Fsp3) is 0.188. The van der Waals surface area contributed by atoms with E-state index in [9.17, 15) is 4.79 Å². The molecule has 2 aromatic rings. The summed E-state index contributed by atoms with van der Waals surface area (Å²) < 4.78 is 17.4. The van der Waals surface area contributed by atoms with Gasteiger partial charge in [0.1, 0.15) is 0 Å². The van der Waals surface area contributed by atoms with Gasteiger partial charge in [-0.25, -0.2) is 0 Å². The molecule has 134 valence electrons. The summed E-state index contributed by atoms with van der Waals surface area (Å²) in [6, 6.07) is 19.6. The molecule has 0 N–H and O–H groups in total. The summed E-state index contributed by atoms with van der Waals surface area (Å²) in [5.74, 6) is -0.0399. The van der Waals surface area contributed by atoms with E-state index in [2.05, 4.69) is 21.4 Å². The fourth-order valence-electron chi connectivity index (χ4n) is 2.49. The van der Waals surface area contributed by atoms with Crippen molar-refractivity contribution in [2.45, 2.75) is 15.1 Å². The molecule has 1 saturated heterocycles. The summed E-state index contributed by atoms with van der Waals surface area (Å²) in [5.41, 5.74) is 1.06. The average molecular weight is 439 g/mol. The van der Waals surface area contributed by atoms with Crippen molar-refractivity contribution >= 4 is 58.9 Å². The largest absolute Gasteiger partial charge is 0.333 e. The SMILES string of the molecule is CN1C(=O)[C@@](Cl)(Sc2ccccc2)[C@@H]1c1ccccc1.O=S(=O)(Cl)Cl. The highest BCUT2D eigenvalue weighted by atomic mass is 36.0. The van der Waals surface area contributed by atoms with Crippen molar-refractivity contribution in [3.05, 3.63) is 66.2 Å². The molecule has 25 heavy (non-hydrogen) atoms. The molecule has 9 heteroatoms. The Hall–Kier alpha value is -0.920. The highest BCUT2D eigenvalue weighted by Gasteiger charge is 2.59. The Morgan fingerprint density at radius 3 is 1.92 bits per heavy atom. The van der Waals surface area contributed by atoms with Crippen molar-refractivity contribution in [3.8, 4) is 0 Å². The van der Waals surface area contributed by atoms with Crippen LogP contribution in [0.5, 0.6) is 0 Å². The topological polar surface area (TPSA) is 54.5 Å². The van der Waals surface area contributed by atoms with E-state index in [0.717, 1.165) is 10.5 Å². The monoisotopic (exact) mass is 437 g/mol. The lowest BCUT2D eigenvalue weighted by Crippen LogP contribution is -2.61. The molecule has 1 heterocycles. The number of rotatable bonds is 3. The quantitative estimate of drug-likeness (QED) is 0.398. The van der Waals surface area contributed by atoms with E-state index < -0.39 is 12.5 Å². The second-order valence-electron chi connectivity index (χ2n) is 5.17. The van der Waals surface area contributed by atoms with Gasteiger partial charge in [-0.2, -0.15) is 8.42 Å². The first-order valence-corrected chi connectivity index (χ1v) is 11.4. The summed E-state index contributed by atoms with van der Waals surface area (Å²) in [6.45, 7) is 0. The standard InChI is InChI=1S/C16H14ClNOS.Cl2O2S/c1-18-14(12-8-4-2-5-9-12)16(17,15(18)19)20-13-10-6-3-7-11-13;1-5(2,3)4/h2-11,14H,1H3;/t14-,16-;/m0./s1. The third kappa shape index (κ3) is 5.28. The lowest BCUT2D eigenvalue weighted by atomic mass is 9.93. The number of carbonyl (C=O) groups excluding carboxylic acids is 1. The summed E-state index contributed by atoms with van der Waals surface area (Å²) in [7, 11) is 6.61. The minimum absolute atomic E-state index is 0.0399. The normalized spacial score (nSPS) is 22.6. The molecule has 2 atom stereocenters. The van der Waals surface area contributed by atoms with Crippen molar-refractivity contribution < 1.29 is 13.2 Å². The molecule has 0 spiro atoms. The summed E-state index contributed by atoms with van der Waals surface area (Å²) in [6.07, 6.45) is 0. The number of nitrogens with zero attached hydrogens (tertiary/aromatic N) is 1. The number of hydrogen-bond donors (Lipinski definition) is 0. The van der Waals surface area contributed by atoms with E-state index in [1.54, 1.807) is 11.9 Å². The molecule has 3 rings (SSSR count). The number of carbonyl (C=O) groups is 1. The van der Waals surface area contributed by atoms with Crippen LogP contribution in [0.1, 0.15) is 11.6 Å². The number of halogens is 3. The van der Waals surface area contributed by atoms with Gasteiger partial charge in [0.2, 0.25) is 0 Å². The van der Waals surface area contributed by atoms with Gasteiger partial charge < -0.3 is 4.90 Å². The predicted octanol–water partition coefficient (Wildman–Crippen LogP) is 4.64. The van der Waals surface area contributed by atoms with Gasteiger partial charge in [0, 0.05) is 33.3 Å². The van der Waals surface area contributed by atoms with Crippen molar-refractivity contribution in [2.75, 3.05) is 7.05 Å². The van der Waals surface area contributed by atoms with E-state index >= 15 is 0 Å². The molecular formula is C16H14Cl3NO3S2. The third-order valence-corrected chi connectivity index (χ3v) is 5.28. The van der Waals surface area contributed by atoms with Crippen LogP contribution in [-0.2, 0) is 13.1 Å². The molecule has 1 fully saturated rings. The number of amides is 1. The molecule has 0 aliphatic carbocycles. The Morgan fingerprint density at radius 1 is 1.00 bits per heavy atom. The first kappa shape index (κ1) is 20.4. The van der Waals surface area contributed by atoms with Gasteiger partial charge in [0.15, 0.2) is 4.21 Å². The Kier molecular flexibility index (Phi) is 6.68. The first-order chi connectivity index (χ1) is 11.6. The highest BCUT2D eigenvalue weighted by Crippen LogP contribution is 2.55. The van der Waals surface area contributed by atoms with Crippen LogP contribution in [0.15, 0.2) is 65.6 Å². The summed E-state index contributed by atoms with van der Waals surface area (Å²) >= 11 is 8.08. The second kappa shape index (κ2) is 8.18. The van der Waals surface area contributed by atoms with Crippen LogP contribution >= 0.6 is 44.7 Å². The minimum atomic E-state index is -3.72.